The third kappa shape index (κ3) is 4.51. The molecule has 0 bridgehead atoms. The zero-order chi connectivity index (χ0) is 21.0. The Balaban J connectivity index is 1.22. The molecule has 7 heteroatoms. The van der Waals surface area contributed by atoms with Crippen LogP contribution in [0.1, 0.15) is 44.3 Å². The maximum absolute atomic E-state index is 13.5. The van der Waals surface area contributed by atoms with Gasteiger partial charge in [-0.15, -0.1) is 21.5 Å². The molecule has 1 amide bonds. The Labute approximate surface area is 186 Å². The lowest BCUT2D eigenvalue weighted by Crippen LogP contribution is -2.45. The SMILES string of the molecule is O=C(C1CCN(c2ccc(-c3cccs3)nn2)CC1)N(Cc1ccco1)C1CCCC1. The van der Waals surface area contributed by atoms with Gasteiger partial charge in [0.1, 0.15) is 11.5 Å². The van der Waals surface area contributed by atoms with E-state index in [1.165, 1.54) is 12.8 Å². The van der Waals surface area contributed by atoms with E-state index in [0.29, 0.717) is 18.5 Å². The third-order valence-electron chi connectivity index (χ3n) is 6.55. The highest BCUT2D eigenvalue weighted by Gasteiger charge is 2.34. The van der Waals surface area contributed by atoms with Crippen molar-refractivity contribution >= 4 is 23.1 Å². The summed E-state index contributed by atoms with van der Waals surface area (Å²) in [5.74, 6) is 2.14. The highest BCUT2D eigenvalue weighted by atomic mass is 32.1. The monoisotopic (exact) mass is 436 g/mol. The van der Waals surface area contributed by atoms with E-state index < -0.39 is 0 Å². The highest BCUT2D eigenvalue weighted by molar-refractivity contribution is 7.13. The fraction of sp³-hybridized carbons (Fsp3) is 0.458. The van der Waals surface area contributed by atoms with Crippen molar-refractivity contribution in [1.82, 2.24) is 15.1 Å². The number of furan rings is 1. The number of hydrogen-bond acceptors (Lipinski definition) is 6. The second kappa shape index (κ2) is 9.22. The van der Waals surface area contributed by atoms with Crippen molar-refractivity contribution in [2.24, 2.45) is 5.92 Å². The third-order valence-corrected chi connectivity index (χ3v) is 7.44. The molecule has 31 heavy (non-hydrogen) atoms. The standard InChI is InChI=1S/C24H28N4O2S/c29-24(28(19-5-1-2-6-19)17-20-7-3-15-30-20)18-11-13-27(14-12-18)23-10-9-21(25-26-23)22-8-4-16-31-22/h3-4,7-10,15-16,18-19H,1-2,5-6,11-14,17H2. The lowest BCUT2D eigenvalue weighted by Gasteiger charge is -2.36. The first-order valence-corrected chi connectivity index (χ1v) is 12.1. The molecule has 2 fully saturated rings. The van der Waals surface area contributed by atoms with Crippen LogP contribution in [0.4, 0.5) is 5.82 Å². The molecule has 1 saturated carbocycles. The van der Waals surface area contributed by atoms with Gasteiger partial charge < -0.3 is 14.2 Å². The Hall–Kier alpha value is -2.67. The topological polar surface area (TPSA) is 62.5 Å². The van der Waals surface area contributed by atoms with Crippen molar-refractivity contribution in [2.45, 2.75) is 51.1 Å². The van der Waals surface area contributed by atoms with Crippen molar-refractivity contribution in [3.05, 3.63) is 53.8 Å². The molecule has 1 aliphatic heterocycles. The summed E-state index contributed by atoms with van der Waals surface area (Å²) >= 11 is 1.67. The normalized spacial score (nSPS) is 17.9. The van der Waals surface area contributed by atoms with Gasteiger partial charge in [0.25, 0.3) is 0 Å². The average Bonchev–Trinajstić information content (AvgIpc) is 3.61. The van der Waals surface area contributed by atoms with Gasteiger partial charge in [-0.25, -0.2) is 0 Å². The number of anilines is 1. The van der Waals surface area contributed by atoms with E-state index in [4.69, 9.17) is 4.42 Å². The van der Waals surface area contributed by atoms with Crippen LogP contribution in [0.25, 0.3) is 10.6 Å². The molecule has 0 N–H and O–H groups in total. The number of hydrogen-bond donors (Lipinski definition) is 0. The smallest absolute Gasteiger partial charge is 0.226 e. The molecule has 0 atom stereocenters. The summed E-state index contributed by atoms with van der Waals surface area (Å²) in [7, 11) is 0. The molecule has 3 aromatic heterocycles. The summed E-state index contributed by atoms with van der Waals surface area (Å²) in [6.45, 7) is 2.26. The van der Waals surface area contributed by atoms with Gasteiger partial charge >= 0.3 is 0 Å². The second-order valence-electron chi connectivity index (χ2n) is 8.50. The van der Waals surface area contributed by atoms with Crippen molar-refractivity contribution in [2.75, 3.05) is 18.0 Å². The molecule has 1 saturated heterocycles. The Morgan fingerprint density at radius 3 is 2.55 bits per heavy atom. The second-order valence-corrected chi connectivity index (χ2v) is 9.45. The predicted molar refractivity (Wildman–Crippen MR) is 122 cm³/mol. The van der Waals surface area contributed by atoms with E-state index in [1.807, 2.05) is 35.7 Å². The number of carbonyl (C=O) groups excluding carboxylic acids is 1. The molecule has 4 heterocycles. The van der Waals surface area contributed by atoms with E-state index in [0.717, 1.165) is 60.9 Å². The zero-order valence-corrected chi connectivity index (χ0v) is 18.5. The first-order valence-electron chi connectivity index (χ1n) is 11.2. The number of piperidine rings is 1. The van der Waals surface area contributed by atoms with Crippen molar-refractivity contribution in [3.63, 3.8) is 0 Å². The molecule has 3 aromatic rings. The first-order chi connectivity index (χ1) is 15.3. The Morgan fingerprint density at radius 2 is 1.90 bits per heavy atom. The van der Waals surface area contributed by atoms with Gasteiger partial charge in [-0.3, -0.25) is 4.79 Å². The van der Waals surface area contributed by atoms with Gasteiger partial charge in [-0.05, 0) is 61.4 Å². The van der Waals surface area contributed by atoms with Gasteiger partial charge in [-0.2, -0.15) is 0 Å². The van der Waals surface area contributed by atoms with Crippen LogP contribution in [0.15, 0.2) is 52.5 Å². The van der Waals surface area contributed by atoms with Crippen LogP contribution in [0.3, 0.4) is 0 Å². The maximum atomic E-state index is 13.5. The molecule has 2 aliphatic rings. The minimum absolute atomic E-state index is 0.0742. The molecule has 0 aromatic carbocycles. The lowest BCUT2D eigenvalue weighted by atomic mass is 9.94. The molecule has 5 rings (SSSR count). The van der Waals surface area contributed by atoms with E-state index in [2.05, 4.69) is 26.1 Å². The zero-order valence-electron chi connectivity index (χ0n) is 17.7. The van der Waals surface area contributed by atoms with Crippen LogP contribution in [0, 0.1) is 5.92 Å². The largest absolute Gasteiger partial charge is 0.467 e. The summed E-state index contributed by atoms with van der Waals surface area (Å²) in [6.07, 6.45) is 8.05. The predicted octanol–water partition coefficient (Wildman–Crippen LogP) is 4.99. The molecule has 6 nitrogen and oxygen atoms in total. The van der Waals surface area contributed by atoms with Crippen molar-refractivity contribution < 1.29 is 9.21 Å². The maximum Gasteiger partial charge on any atom is 0.226 e. The fourth-order valence-corrected chi connectivity index (χ4v) is 5.50. The van der Waals surface area contributed by atoms with Crippen LogP contribution in [0.2, 0.25) is 0 Å². The lowest BCUT2D eigenvalue weighted by molar-refractivity contribution is -0.139. The van der Waals surface area contributed by atoms with E-state index in [9.17, 15) is 4.79 Å². The Kier molecular flexibility index (Phi) is 6.02. The number of amides is 1. The van der Waals surface area contributed by atoms with Crippen LogP contribution in [0.5, 0.6) is 0 Å². The summed E-state index contributed by atoms with van der Waals surface area (Å²) in [6, 6.07) is 12.4. The molecule has 0 radical (unpaired) electrons. The summed E-state index contributed by atoms with van der Waals surface area (Å²) < 4.78 is 5.56. The van der Waals surface area contributed by atoms with E-state index in [-0.39, 0.29) is 5.92 Å². The minimum Gasteiger partial charge on any atom is -0.467 e. The number of aromatic nitrogens is 2. The molecular weight excluding hydrogens is 408 g/mol. The fourth-order valence-electron chi connectivity index (χ4n) is 4.81. The van der Waals surface area contributed by atoms with Gasteiger partial charge in [0, 0.05) is 25.0 Å². The number of nitrogens with zero attached hydrogens (tertiary/aromatic N) is 4. The van der Waals surface area contributed by atoms with Crippen molar-refractivity contribution in [3.8, 4) is 10.6 Å². The van der Waals surface area contributed by atoms with Gasteiger partial charge in [-0.1, -0.05) is 18.9 Å². The van der Waals surface area contributed by atoms with Gasteiger partial charge in [0.05, 0.1) is 17.7 Å². The van der Waals surface area contributed by atoms with Crippen LogP contribution >= 0.6 is 11.3 Å². The van der Waals surface area contributed by atoms with E-state index >= 15 is 0 Å². The summed E-state index contributed by atoms with van der Waals surface area (Å²) in [5, 5.41) is 10.9. The number of thiophene rings is 1. The number of rotatable bonds is 6. The molecule has 0 spiro atoms. The molecule has 1 aliphatic carbocycles. The molecular formula is C24H28N4O2S. The number of carbonyl (C=O) groups is 1. The summed E-state index contributed by atoms with van der Waals surface area (Å²) in [5.41, 5.74) is 0.911. The van der Waals surface area contributed by atoms with Gasteiger partial charge in [0.15, 0.2) is 5.82 Å². The summed E-state index contributed by atoms with van der Waals surface area (Å²) in [4.78, 5) is 19.0. The van der Waals surface area contributed by atoms with Crippen LogP contribution in [-0.2, 0) is 11.3 Å². The highest BCUT2D eigenvalue weighted by Crippen LogP contribution is 2.30. The Bertz CT molecular complexity index is 958. The minimum atomic E-state index is 0.0742. The average molecular weight is 437 g/mol. The van der Waals surface area contributed by atoms with Crippen LogP contribution in [-0.4, -0.2) is 40.1 Å². The molecule has 0 unspecified atom stereocenters. The molecule has 162 valence electrons. The van der Waals surface area contributed by atoms with Crippen molar-refractivity contribution in [1.29, 1.82) is 0 Å². The quantitative estimate of drug-likeness (QED) is 0.545. The van der Waals surface area contributed by atoms with Gasteiger partial charge in [0.2, 0.25) is 5.91 Å². The first kappa shape index (κ1) is 20.2. The van der Waals surface area contributed by atoms with Crippen LogP contribution < -0.4 is 4.90 Å². The van der Waals surface area contributed by atoms with E-state index in [1.54, 1.807) is 17.6 Å². The Morgan fingerprint density at radius 1 is 1.06 bits per heavy atom.